The lowest BCUT2D eigenvalue weighted by Crippen LogP contribution is -2.34. The first-order chi connectivity index (χ1) is 8.99. The molecular formula is C13H15BrN2O3. The fourth-order valence-corrected chi connectivity index (χ4v) is 2.14. The van der Waals surface area contributed by atoms with Crippen molar-refractivity contribution < 1.29 is 9.72 Å². The van der Waals surface area contributed by atoms with Crippen LogP contribution in [0.2, 0.25) is 0 Å². The van der Waals surface area contributed by atoms with Crippen LogP contribution in [0.15, 0.2) is 35.3 Å². The molecule has 102 valence electrons. The second-order valence-electron chi connectivity index (χ2n) is 4.02. The normalized spacial score (nSPS) is 11.7. The lowest BCUT2D eigenvalue weighted by atomic mass is 10.1. The Kier molecular flexibility index (Phi) is 5.69. The predicted molar refractivity (Wildman–Crippen MR) is 77.2 cm³/mol. The highest BCUT2D eigenvalue weighted by molar-refractivity contribution is 9.10. The first-order valence-electron chi connectivity index (χ1n) is 5.85. The van der Waals surface area contributed by atoms with Crippen LogP contribution in [-0.2, 0) is 0 Å². The van der Waals surface area contributed by atoms with E-state index in [2.05, 4.69) is 27.8 Å². The lowest BCUT2D eigenvalue weighted by Gasteiger charge is -2.15. The van der Waals surface area contributed by atoms with Gasteiger partial charge in [-0.05, 0) is 34.8 Å². The minimum absolute atomic E-state index is 0.0205. The van der Waals surface area contributed by atoms with E-state index >= 15 is 0 Å². The number of nitro benzene ring substituents is 1. The highest BCUT2D eigenvalue weighted by Crippen LogP contribution is 2.23. The zero-order valence-corrected chi connectivity index (χ0v) is 12.1. The number of carbonyl (C=O) groups excluding carboxylic acids is 1. The number of non-ortho nitro benzene ring substituents is 1. The van der Waals surface area contributed by atoms with Crippen molar-refractivity contribution in [2.45, 2.75) is 25.8 Å². The average molecular weight is 327 g/mol. The number of hydrogen-bond acceptors (Lipinski definition) is 3. The van der Waals surface area contributed by atoms with Gasteiger partial charge in [0.1, 0.15) is 0 Å². The molecule has 0 aliphatic rings. The highest BCUT2D eigenvalue weighted by atomic mass is 79.9. The quantitative estimate of drug-likeness (QED) is 0.494. The number of carbonyl (C=O) groups is 1. The van der Waals surface area contributed by atoms with E-state index < -0.39 is 4.92 Å². The molecule has 5 nitrogen and oxygen atoms in total. The summed E-state index contributed by atoms with van der Waals surface area (Å²) >= 11 is 3.18. The summed E-state index contributed by atoms with van der Waals surface area (Å²) in [6, 6.07) is 4.10. The summed E-state index contributed by atoms with van der Waals surface area (Å²) in [6.45, 7) is 5.61. The van der Waals surface area contributed by atoms with Gasteiger partial charge < -0.3 is 5.32 Å². The lowest BCUT2D eigenvalue weighted by molar-refractivity contribution is -0.384. The highest BCUT2D eigenvalue weighted by Gasteiger charge is 2.16. The third kappa shape index (κ3) is 4.17. The van der Waals surface area contributed by atoms with Crippen molar-refractivity contribution in [1.29, 1.82) is 0 Å². The molecule has 0 spiro atoms. The largest absolute Gasteiger partial charge is 0.349 e. The Bertz CT molecular complexity index is 503. The Morgan fingerprint density at radius 2 is 2.32 bits per heavy atom. The summed E-state index contributed by atoms with van der Waals surface area (Å²) in [5.74, 6) is -0.254. The molecule has 0 unspecified atom stereocenters. The molecule has 0 heterocycles. The summed E-state index contributed by atoms with van der Waals surface area (Å²) in [6.07, 6.45) is 3.23. The van der Waals surface area contributed by atoms with Gasteiger partial charge in [-0.25, -0.2) is 0 Å². The SMILES string of the molecule is C=CC[C@H](CC)NC(=O)c1ccc([N+](=O)[O-])cc1Br. The molecule has 0 saturated carbocycles. The first kappa shape index (κ1) is 15.4. The van der Waals surface area contributed by atoms with Crippen LogP contribution in [0.25, 0.3) is 0 Å². The molecule has 0 aromatic heterocycles. The van der Waals surface area contributed by atoms with E-state index in [0.29, 0.717) is 16.5 Å². The van der Waals surface area contributed by atoms with Gasteiger partial charge in [-0.3, -0.25) is 14.9 Å². The minimum Gasteiger partial charge on any atom is -0.349 e. The molecule has 0 aliphatic carbocycles. The molecule has 1 aromatic carbocycles. The molecule has 0 fully saturated rings. The second kappa shape index (κ2) is 7.04. The van der Waals surface area contributed by atoms with Gasteiger partial charge in [0.05, 0.1) is 10.5 Å². The molecule has 1 rings (SSSR count). The molecule has 6 heteroatoms. The van der Waals surface area contributed by atoms with Gasteiger partial charge in [0.2, 0.25) is 0 Å². The Morgan fingerprint density at radius 3 is 2.79 bits per heavy atom. The summed E-state index contributed by atoms with van der Waals surface area (Å²) in [5.41, 5.74) is 0.328. The number of benzene rings is 1. The number of halogens is 1. The number of nitro groups is 1. The fraction of sp³-hybridized carbons (Fsp3) is 0.308. The summed E-state index contributed by atoms with van der Waals surface area (Å²) < 4.78 is 0.410. The van der Waals surface area contributed by atoms with Crippen LogP contribution < -0.4 is 5.32 Å². The monoisotopic (exact) mass is 326 g/mol. The van der Waals surface area contributed by atoms with E-state index in [-0.39, 0.29) is 17.6 Å². The van der Waals surface area contributed by atoms with Crippen LogP contribution in [0.4, 0.5) is 5.69 Å². The van der Waals surface area contributed by atoms with Crippen molar-refractivity contribution in [1.82, 2.24) is 5.32 Å². The molecule has 0 bridgehead atoms. The zero-order chi connectivity index (χ0) is 14.4. The number of nitrogens with one attached hydrogen (secondary N) is 1. The van der Waals surface area contributed by atoms with Gasteiger partial charge in [-0.2, -0.15) is 0 Å². The average Bonchev–Trinajstić information content (AvgIpc) is 2.37. The van der Waals surface area contributed by atoms with Gasteiger partial charge in [-0.1, -0.05) is 13.0 Å². The number of nitrogens with zero attached hydrogens (tertiary/aromatic N) is 1. The smallest absolute Gasteiger partial charge is 0.270 e. The predicted octanol–water partition coefficient (Wildman–Crippen LogP) is 3.44. The van der Waals surface area contributed by atoms with Crippen molar-refractivity contribution in [2.75, 3.05) is 0 Å². The van der Waals surface area contributed by atoms with Crippen LogP contribution in [-0.4, -0.2) is 16.9 Å². The van der Waals surface area contributed by atoms with Crippen molar-refractivity contribution in [3.05, 3.63) is 51.0 Å². The van der Waals surface area contributed by atoms with Crippen molar-refractivity contribution in [2.24, 2.45) is 0 Å². The molecule has 0 radical (unpaired) electrons. The third-order valence-electron chi connectivity index (χ3n) is 2.69. The van der Waals surface area contributed by atoms with Crippen LogP contribution >= 0.6 is 15.9 Å². The third-order valence-corrected chi connectivity index (χ3v) is 3.34. The summed E-state index contributed by atoms with van der Waals surface area (Å²) in [4.78, 5) is 22.2. The number of hydrogen-bond donors (Lipinski definition) is 1. The first-order valence-corrected chi connectivity index (χ1v) is 6.64. The Labute approximate surface area is 120 Å². The summed E-state index contributed by atoms with van der Waals surface area (Å²) in [5, 5.41) is 13.5. The van der Waals surface area contributed by atoms with Gasteiger partial charge in [0.15, 0.2) is 0 Å². The molecular weight excluding hydrogens is 312 g/mol. The molecule has 19 heavy (non-hydrogen) atoms. The molecule has 0 aliphatic heterocycles. The molecule has 1 atom stereocenters. The van der Waals surface area contributed by atoms with Gasteiger partial charge in [0, 0.05) is 22.6 Å². The van der Waals surface area contributed by atoms with Crippen molar-refractivity contribution >= 4 is 27.5 Å². The maximum Gasteiger partial charge on any atom is 0.270 e. The Balaban J connectivity index is 2.88. The zero-order valence-electron chi connectivity index (χ0n) is 10.6. The van der Waals surface area contributed by atoms with E-state index in [1.54, 1.807) is 6.08 Å². The Hall–Kier alpha value is -1.69. The van der Waals surface area contributed by atoms with Crippen LogP contribution in [0, 0.1) is 10.1 Å². The number of amides is 1. The van der Waals surface area contributed by atoms with Gasteiger partial charge >= 0.3 is 0 Å². The molecule has 1 amide bonds. The van der Waals surface area contributed by atoms with Gasteiger partial charge in [-0.15, -0.1) is 6.58 Å². The van der Waals surface area contributed by atoms with E-state index in [0.717, 1.165) is 6.42 Å². The van der Waals surface area contributed by atoms with Crippen LogP contribution in [0.3, 0.4) is 0 Å². The maximum absolute atomic E-state index is 12.0. The molecule has 0 saturated heterocycles. The van der Waals surface area contributed by atoms with E-state index in [1.807, 2.05) is 6.92 Å². The fourth-order valence-electron chi connectivity index (χ4n) is 1.59. The minimum atomic E-state index is -0.501. The number of rotatable bonds is 6. The van der Waals surface area contributed by atoms with Crippen molar-refractivity contribution in [3.63, 3.8) is 0 Å². The second-order valence-corrected chi connectivity index (χ2v) is 4.88. The molecule has 1 N–H and O–H groups in total. The van der Waals surface area contributed by atoms with Gasteiger partial charge in [0.25, 0.3) is 11.6 Å². The van der Waals surface area contributed by atoms with E-state index in [1.165, 1.54) is 18.2 Å². The topological polar surface area (TPSA) is 72.2 Å². The summed E-state index contributed by atoms with van der Waals surface area (Å²) in [7, 11) is 0. The molecule has 1 aromatic rings. The maximum atomic E-state index is 12.0. The standard InChI is InChI=1S/C13H15BrN2O3/c1-3-5-9(4-2)15-13(17)11-7-6-10(16(18)19)8-12(11)14/h3,6-9H,1,4-5H2,2H3,(H,15,17)/t9-/m0/s1. The van der Waals surface area contributed by atoms with Crippen molar-refractivity contribution in [3.8, 4) is 0 Å². The van der Waals surface area contributed by atoms with Crippen LogP contribution in [0.5, 0.6) is 0 Å². The van der Waals surface area contributed by atoms with Crippen LogP contribution in [0.1, 0.15) is 30.1 Å². The Morgan fingerprint density at radius 1 is 1.63 bits per heavy atom. The van der Waals surface area contributed by atoms with E-state index in [4.69, 9.17) is 0 Å². The van der Waals surface area contributed by atoms with E-state index in [9.17, 15) is 14.9 Å².